The van der Waals surface area contributed by atoms with Gasteiger partial charge in [0.05, 0.1) is 0 Å². The van der Waals surface area contributed by atoms with Crippen molar-refractivity contribution >= 4 is 7.28 Å². The SMILES string of the molecule is CC(C)(C)[B]C1=CC=CC(C(C)(C)C)=CC=C1. The van der Waals surface area contributed by atoms with E-state index in [0.717, 1.165) is 0 Å². The molecule has 0 N–H and O–H groups in total. The van der Waals surface area contributed by atoms with E-state index in [4.69, 9.17) is 0 Å². The van der Waals surface area contributed by atoms with Crippen LogP contribution in [0.25, 0.3) is 0 Å². The highest BCUT2D eigenvalue weighted by atomic mass is 14.2. The molecule has 0 saturated heterocycles. The highest BCUT2D eigenvalue weighted by Gasteiger charge is 2.15. The first-order valence-corrected chi connectivity index (χ1v) is 6.32. The van der Waals surface area contributed by atoms with Crippen LogP contribution >= 0.6 is 0 Å². The van der Waals surface area contributed by atoms with Gasteiger partial charge in [-0.1, -0.05) is 88.8 Å². The molecule has 0 nitrogen and oxygen atoms in total. The summed E-state index contributed by atoms with van der Waals surface area (Å²) >= 11 is 0. The van der Waals surface area contributed by atoms with Crippen LogP contribution in [-0.4, -0.2) is 7.28 Å². The molecule has 91 valence electrons. The Labute approximate surface area is 107 Å². The minimum atomic E-state index is 0.208. The van der Waals surface area contributed by atoms with Gasteiger partial charge in [-0.3, -0.25) is 0 Å². The van der Waals surface area contributed by atoms with E-state index in [0.29, 0.717) is 0 Å². The average Bonchev–Trinajstić information content (AvgIpc) is 2.04. The molecular formula is C16H24B. The van der Waals surface area contributed by atoms with E-state index in [9.17, 15) is 0 Å². The van der Waals surface area contributed by atoms with Crippen molar-refractivity contribution in [2.75, 3.05) is 0 Å². The maximum absolute atomic E-state index is 2.30. The molecule has 0 unspecified atom stereocenters. The third kappa shape index (κ3) is 5.25. The van der Waals surface area contributed by atoms with Crippen LogP contribution in [0.15, 0.2) is 47.5 Å². The van der Waals surface area contributed by atoms with E-state index in [2.05, 4.69) is 85.3 Å². The van der Waals surface area contributed by atoms with Crippen molar-refractivity contribution in [2.24, 2.45) is 5.41 Å². The first-order chi connectivity index (χ1) is 7.68. The van der Waals surface area contributed by atoms with Gasteiger partial charge in [-0.25, -0.2) is 0 Å². The fourth-order valence-corrected chi connectivity index (χ4v) is 1.73. The average molecular weight is 227 g/mol. The van der Waals surface area contributed by atoms with Crippen LogP contribution < -0.4 is 0 Å². The maximum Gasteiger partial charge on any atom is 0.157 e. The normalized spacial score (nSPS) is 17.1. The smallest absolute Gasteiger partial charge is 0.0872 e. The van der Waals surface area contributed by atoms with Crippen LogP contribution in [-0.2, 0) is 0 Å². The second-order valence-corrected chi connectivity index (χ2v) is 6.77. The van der Waals surface area contributed by atoms with E-state index >= 15 is 0 Å². The number of rotatable bonds is 1. The molecular weight excluding hydrogens is 203 g/mol. The van der Waals surface area contributed by atoms with Gasteiger partial charge in [-0.05, 0) is 11.0 Å². The van der Waals surface area contributed by atoms with Crippen molar-refractivity contribution in [2.45, 2.75) is 46.9 Å². The summed E-state index contributed by atoms with van der Waals surface area (Å²) in [7, 11) is 2.30. The zero-order valence-corrected chi connectivity index (χ0v) is 12.0. The van der Waals surface area contributed by atoms with E-state index in [1.54, 1.807) is 0 Å². The molecule has 0 atom stereocenters. The highest BCUT2D eigenvalue weighted by Crippen LogP contribution is 2.28. The summed E-state index contributed by atoms with van der Waals surface area (Å²) in [6.45, 7) is 13.4. The highest BCUT2D eigenvalue weighted by molar-refractivity contribution is 6.50. The van der Waals surface area contributed by atoms with Gasteiger partial charge in [0, 0.05) is 0 Å². The van der Waals surface area contributed by atoms with Crippen LogP contribution in [0.1, 0.15) is 41.5 Å². The first-order valence-electron chi connectivity index (χ1n) is 6.32. The zero-order chi connectivity index (χ0) is 13.1. The summed E-state index contributed by atoms with van der Waals surface area (Å²) in [5.41, 5.74) is 2.85. The molecule has 1 heteroatoms. The van der Waals surface area contributed by atoms with Crippen molar-refractivity contribution in [1.29, 1.82) is 0 Å². The van der Waals surface area contributed by atoms with Crippen LogP contribution in [0.5, 0.6) is 0 Å². The van der Waals surface area contributed by atoms with Gasteiger partial charge in [0.15, 0.2) is 7.28 Å². The number of hydrogen-bond acceptors (Lipinski definition) is 0. The van der Waals surface area contributed by atoms with Gasteiger partial charge in [0.1, 0.15) is 0 Å². The second-order valence-electron chi connectivity index (χ2n) is 6.77. The van der Waals surface area contributed by atoms with E-state index in [-0.39, 0.29) is 10.7 Å². The molecule has 0 saturated carbocycles. The van der Waals surface area contributed by atoms with Gasteiger partial charge < -0.3 is 0 Å². The quantitative estimate of drug-likeness (QED) is 0.559. The molecule has 0 spiro atoms. The second kappa shape index (κ2) is 5.12. The van der Waals surface area contributed by atoms with Crippen LogP contribution in [0, 0.1) is 5.41 Å². The number of hydrogen-bond donors (Lipinski definition) is 0. The van der Waals surface area contributed by atoms with E-state index in [1.165, 1.54) is 11.0 Å². The van der Waals surface area contributed by atoms with Gasteiger partial charge in [-0.2, -0.15) is 0 Å². The van der Waals surface area contributed by atoms with Crippen LogP contribution in [0.2, 0.25) is 5.31 Å². The summed E-state index contributed by atoms with van der Waals surface area (Å²) in [6.07, 6.45) is 13.1. The summed E-state index contributed by atoms with van der Waals surface area (Å²) in [5, 5.41) is 0.222. The lowest BCUT2D eigenvalue weighted by Gasteiger charge is -2.21. The Bertz CT molecular complexity index is 379. The summed E-state index contributed by atoms with van der Waals surface area (Å²) in [6, 6.07) is 0. The minimum Gasteiger partial charge on any atom is -0.0872 e. The summed E-state index contributed by atoms with van der Waals surface area (Å²) in [5.74, 6) is 0. The Kier molecular flexibility index (Phi) is 4.24. The van der Waals surface area contributed by atoms with Crippen molar-refractivity contribution in [3.8, 4) is 0 Å². The summed E-state index contributed by atoms with van der Waals surface area (Å²) < 4.78 is 0. The lowest BCUT2D eigenvalue weighted by atomic mass is 9.50. The molecule has 0 aromatic rings. The molecule has 1 aliphatic carbocycles. The van der Waals surface area contributed by atoms with Crippen LogP contribution in [0.4, 0.5) is 0 Å². The molecule has 0 aromatic heterocycles. The van der Waals surface area contributed by atoms with Crippen molar-refractivity contribution in [3.05, 3.63) is 47.5 Å². The third-order valence-corrected chi connectivity index (χ3v) is 2.59. The molecule has 1 rings (SSSR count). The third-order valence-electron chi connectivity index (χ3n) is 2.59. The van der Waals surface area contributed by atoms with Gasteiger partial charge in [-0.15, -0.1) is 0 Å². The van der Waals surface area contributed by atoms with Crippen molar-refractivity contribution in [1.82, 2.24) is 0 Å². The monoisotopic (exact) mass is 227 g/mol. The predicted molar refractivity (Wildman–Crippen MR) is 79.4 cm³/mol. The predicted octanol–water partition coefficient (Wildman–Crippen LogP) is 4.89. The Morgan fingerprint density at radius 3 is 1.94 bits per heavy atom. The van der Waals surface area contributed by atoms with Gasteiger partial charge in [0.2, 0.25) is 0 Å². The minimum absolute atomic E-state index is 0.208. The molecule has 17 heavy (non-hydrogen) atoms. The van der Waals surface area contributed by atoms with Crippen molar-refractivity contribution in [3.63, 3.8) is 0 Å². The lowest BCUT2D eigenvalue weighted by molar-refractivity contribution is 0.517. The van der Waals surface area contributed by atoms with E-state index < -0.39 is 0 Å². The van der Waals surface area contributed by atoms with Crippen LogP contribution in [0.3, 0.4) is 0 Å². The first kappa shape index (κ1) is 14.1. The standard InChI is InChI=1S/C16H24B/c1-15(2,3)13-9-7-11-14(12-8-10-13)17-16(4,5)6/h7-12H,1-6H3. The fourth-order valence-electron chi connectivity index (χ4n) is 1.73. The Hall–Kier alpha value is -0.975. The molecule has 0 aliphatic heterocycles. The fraction of sp³-hybridized carbons (Fsp3) is 0.500. The van der Waals surface area contributed by atoms with Crippen molar-refractivity contribution < 1.29 is 0 Å². The molecule has 0 heterocycles. The largest absolute Gasteiger partial charge is 0.157 e. The zero-order valence-electron chi connectivity index (χ0n) is 12.0. The molecule has 0 amide bonds. The van der Waals surface area contributed by atoms with Gasteiger partial charge >= 0.3 is 0 Å². The molecule has 1 radical (unpaired) electrons. The molecule has 0 fully saturated rings. The number of allylic oxidation sites excluding steroid dienone is 8. The van der Waals surface area contributed by atoms with E-state index in [1.807, 2.05) is 0 Å². The molecule has 0 aromatic carbocycles. The maximum atomic E-state index is 2.30. The topological polar surface area (TPSA) is 0 Å². The molecule has 1 aliphatic rings. The molecule has 0 bridgehead atoms. The summed E-state index contributed by atoms with van der Waals surface area (Å²) in [4.78, 5) is 0. The van der Waals surface area contributed by atoms with Gasteiger partial charge in [0.25, 0.3) is 0 Å². The Morgan fingerprint density at radius 2 is 1.41 bits per heavy atom. The lowest BCUT2D eigenvalue weighted by Crippen LogP contribution is -2.11. The Balaban J connectivity index is 2.83. The Morgan fingerprint density at radius 1 is 0.824 bits per heavy atom.